The number of aromatic nitrogens is 1. The molecule has 0 radical (unpaired) electrons. The highest BCUT2D eigenvalue weighted by molar-refractivity contribution is 7.20. The van der Waals surface area contributed by atoms with Crippen LogP contribution in [0.15, 0.2) is 47.2 Å². The summed E-state index contributed by atoms with van der Waals surface area (Å²) in [6, 6.07) is 10.3. The minimum atomic E-state index is -0.989. The summed E-state index contributed by atoms with van der Waals surface area (Å²) in [6.07, 6.45) is -0.989. The van der Waals surface area contributed by atoms with E-state index in [4.69, 9.17) is 4.74 Å². The van der Waals surface area contributed by atoms with Crippen LogP contribution in [0.2, 0.25) is 0 Å². The summed E-state index contributed by atoms with van der Waals surface area (Å²) in [4.78, 5) is 40.9. The predicted molar refractivity (Wildman–Crippen MR) is 105 cm³/mol. The van der Waals surface area contributed by atoms with Gasteiger partial charge < -0.3 is 10.1 Å². The lowest BCUT2D eigenvalue weighted by Crippen LogP contribution is -2.30. The maximum absolute atomic E-state index is 12.2. The van der Waals surface area contributed by atoms with Gasteiger partial charge in [0.25, 0.3) is 5.91 Å². The van der Waals surface area contributed by atoms with Crippen molar-refractivity contribution in [3.05, 3.63) is 58.4 Å². The fourth-order valence-corrected chi connectivity index (χ4v) is 3.79. The normalized spacial score (nSPS) is 11.6. The Morgan fingerprint density at radius 3 is 2.48 bits per heavy atom. The highest BCUT2D eigenvalue weighted by Crippen LogP contribution is 2.28. The lowest BCUT2D eigenvalue weighted by atomic mass is 10.1. The Bertz CT molecular complexity index is 962. The number of thiophene rings is 1. The Labute approximate surface area is 163 Å². The van der Waals surface area contributed by atoms with Crippen LogP contribution in [0.4, 0.5) is 5.69 Å². The Morgan fingerprint density at radius 1 is 1.11 bits per heavy atom. The van der Waals surface area contributed by atoms with Gasteiger partial charge in [-0.25, -0.2) is 9.78 Å². The molecule has 27 heavy (non-hydrogen) atoms. The fourth-order valence-electron chi connectivity index (χ4n) is 2.19. The van der Waals surface area contributed by atoms with Crippen molar-refractivity contribution in [1.29, 1.82) is 0 Å². The zero-order chi connectivity index (χ0) is 19.4. The Kier molecular flexibility index (Phi) is 5.78. The second kappa shape index (κ2) is 8.24. The maximum Gasteiger partial charge on any atom is 0.358 e. The van der Waals surface area contributed by atoms with Crippen molar-refractivity contribution in [1.82, 2.24) is 4.98 Å². The molecule has 0 unspecified atom stereocenters. The molecule has 2 heterocycles. The van der Waals surface area contributed by atoms with Crippen molar-refractivity contribution in [2.45, 2.75) is 20.0 Å². The van der Waals surface area contributed by atoms with E-state index in [9.17, 15) is 14.4 Å². The van der Waals surface area contributed by atoms with Gasteiger partial charge in [0.2, 0.25) is 0 Å². The van der Waals surface area contributed by atoms with Crippen LogP contribution in [-0.4, -0.2) is 28.7 Å². The van der Waals surface area contributed by atoms with E-state index in [1.54, 1.807) is 29.6 Å². The second-order valence-electron chi connectivity index (χ2n) is 5.69. The third-order valence-electron chi connectivity index (χ3n) is 3.66. The van der Waals surface area contributed by atoms with Gasteiger partial charge in [-0.15, -0.1) is 22.7 Å². The van der Waals surface area contributed by atoms with Crippen molar-refractivity contribution in [2.75, 3.05) is 5.32 Å². The number of esters is 1. The topological polar surface area (TPSA) is 85.4 Å². The zero-order valence-corrected chi connectivity index (χ0v) is 16.2. The van der Waals surface area contributed by atoms with Crippen molar-refractivity contribution in [3.63, 3.8) is 0 Å². The number of ketones is 1. The molecule has 3 aromatic rings. The molecule has 1 amide bonds. The van der Waals surface area contributed by atoms with Crippen molar-refractivity contribution < 1.29 is 19.1 Å². The number of nitrogens with zero attached hydrogens (tertiary/aromatic N) is 1. The summed E-state index contributed by atoms with van der Waals surface area (Å²) < 4.78 is 5.21. The summed E-state index contributed by atoms with van der Waals surface area (Å²) in [5, 5.41) is 6.93. The molecular weight excluding hydrogens is 384 g/mol. The molecule has 0 aliphatic carbocycles. The minimum absolute atomic E-state index is 0.0552. The van der Waals surface area contributed by atoms with Crippen LogP contribution < -0.4 is 5.32 Å². The van der Waals surface area contributed by atoms with Gasteiger partial charge in [0, 0.05) is 16.6 Å². The number of ether oxygens (including phenoxy) is 1. The number of hydrogen-bond acceptors (Lipinski definition) is 7. The lowest BCUT2D eigenvalue weighted by molar-refractivity contribution is -0.123. The van der Waals surface area contributed by atoms with E-state index < -0.39 is 18.0 Å². The summed E-state index contributed by atoms with van der Waals surface area (Å²) >= 11 is 2.88. The van der Waals surface area contributed by atoms with E-state index >= 15 is 0 Å². The smallest absolute Gasteiger partial charge is 0.358 e. The van der Waals surface area contributed by atoms with Crippen LogP contribution in [0.5, 0.6) is 0 Å². The van der Waals surface area contributed by atoms with Crippen LogP contribution in [0.1, 0.15) is 34.7 Å². The molecule has 138 valence electrons. The third-order valence-corrected chi connectivity index (χ3v) is 5.54. The first kappa shape index (κ1) is 18.9. The highest BCUT2D eigenvalue weighted by Gasteiger charge is 2.21. The number of nitrogens with one attached hydrogen (secondary N) is 1. The predicted octanol–water partition coefficient (Wildman–Crippen LogP) is 4.26. The number of anilines is 1. The molecule has 0 bridgehead atoms. The van der Waals surface area contributed by atoms with E-state index in [0.29, 0.717) is 11.3 Å². The first-order chi connectivity index (χ1) is 12.9. The first-order valence-electron chi connectivity index (χ1n) is 8.06. The van der Waals surface area contributed by atoms with E-state index in [1.165, 1.54) is 36.5 Å². The van der Waals surface area contributed by atoms with Crippen LogP contribution in [0.3, 0.4) is 0 Å². The monoisotopic (exact) mass is 400 g/mol. The van der Waals surface area contributed by atoms with Gasteiger partial charge in [-0.2, -0.15) is 0 Å². The Hall–Kier alpha value is -2.84. The average Bonchev–Trinajstić information content (AvgIpc) is 3.33. The number of Topliss-reactive ketones (excluding diaryl/α,β-unsaturated/α-hetero) is 1. The third kappa shape index (κ3) is 4.66. The van der Waals surface area contributed by atoms with Crippen LogP contribution in [-0.2, 0) is 9.53 Å². The average molecular weight is 400 g/mol. The Balaban J connectivity index is 1.59. The lowest BCUT2D eigenvalue weighted by Gasteiger charge is -2.13. The van der Waals surface area contributed by atoms with Gasteiger partial charge in [-0.1, -0.05) is 6.07 Å². The van der Waals surface area contributed by atoms with Gasteiger partial charge in [0.15, 0.2) is 17.6 Å². The first-order valence-corrected chi connectivity index (χ1v) is 9.82. The van der Waals surface area contributed by atoms with Crippen LogP contribution in [0.25, 0.3) is 9.88 Å². The fraction of sp³-hybridized carbons (Fsp3) is 0.158. The van der Waals surface area contributed by atoms with Crippen LogP contribution >= 0.6 is 22.7 Å². The largest absolute Gasteiger partial charge is 0.448 e. The molecule has 0 spiro atoms. The number of thiazole rings is 1. The number of rotatable bonds is 6. The molecule has 8 heteroatoms. The molecule has 0 saturated heterocycles. The summed E-state index contributed by atoms with van der Waals surface area (Å²) in [6.45, 7) is 2.96. The molecule has 6 nitrogen and oxygen atoms in total. The number of carbonyl (C=O) groups excluding carboxylic acids is 3. The van der Waals surface area contributed by atoms with Gasteiger partial charge in [0.1, 0.15) is 5.01 Å². The Morgan fingerprint density at radius 2 is 1.85 bits per heavy atom. The van der Waals surface area contributed by atoms with Gasteiger partial charge in [-0.05, 0) is 49.6 Å². The number of benzene rings is 1. The van der Waals surface area contributed by atoms with Gasteiger partial charge in [0.05, 0.1) is 4.88 Å². The molecule has 0 saturated carbocycles. The molecule has 0 aliphatic rings. The quantitative estimate of drug-likeness (QED) is 0.494. The van der Waals surface area contributed by atoms with Crippen molar-refractivity contribution in [2.24, 2.45) is 0 Å². The molecule has 1 N–H and O–H groups in total. The second-order valence-corrected chi connectivity index (χ2v) is 7.49. The summed E-state index contributed by atoms with van der Waals surface area (Å²) in [7, 11) is 0. The minimum Gasteiger partial charge on any atom is -0.448 e. The summed E-state index contributed by atoms with van der Waals surface area (Å²) in [5.41, 5.74) is 1.24. The molecule has 1 atom stereocenters. The SMILES string of the molecule is CC(=O)c1ccc(NC(=O)[C@H](C)OC(=O)c2csc(-c3cccs3)n2)cc1. The number of amides is 1. The standard InChI is InChI=1S/C19H16N2O4S2/c1-11(22)13-5-7-14(8-6-13)20-17(23)12(2)25-19(24)15-10-27-18(21-15)16-4-3-9-26-16/h3-10,12H,1-2H3,(H,20,23)/t12-/m0/s1. The molecular formula is C19H16N2O4S2. The highest BCUT2D eigenvalue weighted by atomic mass is 32.1. The van der Waals surface area contributed by atoms with Gasteiger partial charge in [-0.3, -0.25) is 9.59 Å². The van der Waals surface area contributed by atoms with Crippen molar-refractivity contribution in [3.8, 4) is 9.88 Å². The maximum atomic E-state index is 12.2. The van der Waals surface area contributed by atoms with E-state index in [2.05, 4.69) is 10.3 Å². The zero-order valence-electron chi connectivity index (χ0n) is 14.6. The van der Waals surface area contributed by atoms with E-state index in [0.717, 1.165) is 9.88 Å². The van der Waals surface area contributed by atoms with Crippen molar-refractivity contribution >= 4 is 46.0 Å². The van der Waals surface area contributed by atoms with E-state index in [-0.39, 0.29) is 11.5 Å². The molecule has 2 aromatic heterocycles. The van der Waals surface area contributed by atoms with Gasteiger partial charge >= 0.3 is 5.97 Å². The molecule has 1 aromatic carbocycles. The molecule has 0 fully saturated rings. The summed E-state index contributed by atoms with van der Waals surface area (Å²) in [5.74, 6) is -1.17. The molecule has 0 aliphatic heterocycles. The molecule has 3 rings (SSSR count). The number of carbonyl (C=O) groups is 3. The van der Waals surface area contributed by atoms with Crippen LogP contribution in [0, 0.1) is 0 Å². The van der Waals surface area contributed by atoms with E-state index in [1.807, 2.05) is 17.5 Å². The number of hydrogen-bond donors (Lipinski definition) is 1.